The lowest BCUT2D eigenvalue weighted by atomic mass is 10.2. The van der Waals surface area contributed by atoms with E-state index >= 15 is 0 Å². The average molecular weight is 307 g/mol. The quantitative estimate of drug-likeness (QED) is 0.851. The Morgan fingerprint density at radius 1 is 1.57 bits per heavy atom. The molecule has 0 N–H and O–H groups in total. The number of nitrogens with zero attached hydrogens (tertiary/aromatic N) is 3. The molecule has 3 heterocycles. The number of thiophene rings is 1. The highest BCUT2D eigenvalue weighted by molar-refractivity contribution is 7.16. The van der Waals surface area contributed by atoms with Gasteiger partial charge in [0.15, 0.2) is 0 Å². The summed E-state index contributed by atoms with van der Waals surface area (Å²) >= 11 is 1.44. The second-order valence-corrected chi connectivity index (χ2v) is 6.04. The maximum atomic E-state index is 12.2. The van der Waals surface area contributed by atoms with Crippen LogP contribution in [0.15, 0.2) is 22.6 Å². The van der Waals surface area contributed by atoms with Crippen molar-refractivity contribution in [2.45, 2.75) is 25.9 Å². The normalized spacial score (nSPS) is 19.1. The molecule has 1 saturated heterocycles. The number of ether oxygens (including phenoxy) is 1. The third-order valence-electron chi connectivity index (χ3n) is 3.70. The van der Waals surface area contributed by atoms with E-state index in [0.29, 0.717) is 38.1 Å². The molecule has 0 radical (unpaired) electrons. The number of aryl methyl sites for hydroxylation is 1. The van der Waals surface area contributed by atoms with E-state index in [4.69, 9.17) is 4.74 Å². The van der Waals surface area contributed by atoms with Crippen LogP contribution in [-0.2, 0) is 16.1 Å². The predicted octanol–water partition coefficient (Wildman–Crippen LogP) is 1.10. The number of amides is 1. The molecule has 1 atom stereocenters. The number of hydrogen-bond donors (Lipinski definition) is 0. The Hall–Kier alpha value is -1.73. The van der Waals surface area contributed by atoms with E-state index in [1.165, 1.54) is 22.2 Å². The van der Waals surface area contributed by atoms with Crippen molar-refractivity contribution < 1.29 is 9.53 Å². The minimum Gasteiger partial charge on any atom is -0.377 e. The summed E-state index contributed by atoms with van der Waals surface area (Å²) in [7, 11) is 0. The van der Waals surface area contributed by atoms with Gasteiger partial charge >= 0.3 is 0 Å². The molecule has 1 aliphatic heterocycles. The zero-order valence-electron chi connectivity index (χ0n) is 11.8. The molecule has 7 heteroatoms. The maximum absolute atomic E-state index is 12.2. The molecule has 112 valence electrons. The molecule has 1 aliphatic rings. The molecule has 1 unspecified atom stereocenters. The molecule has 1 fully saturated rings. The summed E-state index contributed by atoms with van der Waals surface area (Å²) in [6.07, 6.45) is 1.83. The Bertz CT molecular complexity index is 709. The Labute approximate surface area is 126 Å². The van der Waals surface area contributed by atoms with Crippen LogP contribution in [0.3, 0.4) is 0 Å². The van der Waals surface area contributed by atoms with Gasteiger partial charge in [0, 0.05) is 19.5 Å². The third kappa shape index (κ3) is 2.84. The minimum absolute atomic E-state index is 0.0584. The molecule has 0 bridgehead atoms. The van der Waals surface area contributed by atoms with Gasteiger partial charge in [-0.15, -0.1) is 11.3 Å². The third-order valence-corrected chi connectivity index (χ3v) is 4.53. The standard InChI is InChI=1S/C14H17N3O3S/c1-10-8-20-6-5-17(10)12(18)2-4-16-9-15-13-11(14(16)19)3-7-21-13/h3,7,9-10H,2,4-6,8H2,1H3. The summed E-state index contributed by atoms with van der Waals surface area (Å²) < 4.78 is 6.84. The van der Waals surface area contributed by atoms with E-state index in [1.54, 1.807) is 6.07 Å². The van der Waals surface area contributed by atoms with Crippen molar-refractivity contribution in [2.24, 2.45) is 0 Å². The highest BCUT2D eigenvalue weighted by Gasteiger charge is 2.23. The van der Waals surface area contributed by atoms with Crippen LogP contribution in [0, 0.1) is 0 Å². The SMILES string of the molecule is CC1COCCN1C(=O)CCn1cnc2sccc2c1=O. The van der Waals surface area contributed by atoms with Crippen LogP contribution in [0.4, 0.5) is 0 Å². The van der Waals surface area contributed by atoms with Gasteiger partial charge in [-0.3, -0.25) is 14.2 Å². The fourth-order valence-electron chi connectivity index (χ4n) is 2.51. The summed E-state index contributed by atoms with van der Waals surface area (Å²) in [5, 5.41) is 2.47. The second kappa shape index (κ2) is 5.95. The number of morpholine rings is 1. The zero-order valence-corrected chi connectivity index (χ0v) is 12.6. The van der Waals surface area contributed by atoms with Crippen molar-refractivity contribution in [3.63, 3.8) is 0 Å². The van der Waals surface area contributed by atoms with E-state index < -0.39 is 0 Å². The Kier molecular flexibility index (Phi) is 4.03. The average Bonchev–Trinajstić information content (AvgIpc) is 2.96. The van der Waals surface area contributed by atoms with E-state index in [0.717, 1.165) is 4.83 Å². The van der Waals surface area contributed by atoms with E-state index in [2.05, 4.69) is 4.98 Å². The van der Waals surface area contributed by atoms with E-state index in [-0.39, 0.29) is 17.5 Å². The van der Waals surface area contributed by atoms with Gasteiger partial charge in [-0.1, -0.05) is 0 Å². The van der Waals surface area contributed by atoms with Gasteiger partial charge < -0.3 is 9.64 Å². The van der Waals surface area contributed by atoms with Gasteiger partial charge in [0.1, 0.15) is 4.83 Å². The summed E-state index contributed by atoms with van der Waals surface area (Å²) in [6.45, 7) is 4.12. The number of aromatic nitrogens is 2. The second-order valence-electron chi connectivity index (χ2n) is 5.14. The van der Waals surface area contributed by atoms with Crippen molar-refractivity contribution in [3.05, 3.63) is 28.1 Å². The molecule has 6 nitrogen and oxygen atoms in total. The highest BCUT2D eigenvalue weighted by atomic mass is 32.1. The van der Waals surface area contributed by atoms with Crippen molar-refractivity contribution in [3.8, 4) is 0 Å². The van der Waals surface area contributed by atoms with Crippen LogP contribution in [0.2, 0.25) is 0 Å². The van der Waals surface area contributed by atoms with E-state index in [9.17, 15) is 9.59 Å². The molecule has 21 heavy (non-hydrogen) atoms. The van der Waals surface area contributed by atoms with Gasteiger partial charge in [-0.2, -0.15) is 0 Å². The lowest BCUT2D eigenvalue weighted by Gasteiger charge is -2.33. The van der Waals surface area contributed by atoms with Gasteiger partial charge in [0.05, 0.1) is 31.0 Å². The molecule has 0 aromatic carbocycles. The number of carbonyl (C=O) groups excluding carboxylic acids is 1. The molecule has 0 saturated carbocycles. The summed E-state index contributed by atoms with van der Waals surface area (Å²) in [4.78, 5) is 31.3. The Balaban J connectivity index is 1.70. The van der Waals surface area contributed by atoms with Gasteiger partial charge in [-0.25, -0.2) is 4.98 Å². The van der Waals surface area contributed by atoms with Crippen LogP contribution in [0.1, 0.15) is 13.3 Å². The smallest absolute Gasteiger partial charge is 0.262 e. The summed E-state index contributed by atoms with van der Waals surface area (Å²) in [5.74, 6) is 0.0584. The lowest BCUT2D eigenvalue weighted by Crippen LogP contribution is -2.47. The predicted molar refractivity (Wildman–Crippen MR) is 80.5 cm³/mol. The topological polar surface area (TPSA) is 64.4 Å². The molecule has 2 aromatic heterocycles. The zero-order chi connectivity index (χ0) is 14.8. The molecule has 2 aromatic rings. The van der Waals surface area contributed by atoms with Crippen LogP contribution in [0.25, 0.3) is 10.2 Å². The first-order valence-corrected chi connectivity index (χ1v) is 7.84. The molecular weight excluding hydrogens is 290 g/mol. The maximum Gasteiger partial charge on any atom is 0.262 e. The number of rotatable bonds is 3. The fraction of sp³-hybridized carbons (Fsp3) is 0.500. The number of fused-ring (bicyclic) bond motifs is 1. The molecule has 0 spiro atoms. The van der Waals surface area contributed by atoms with Crippen molar-refractivity contribution in [2.75, 3.05) is 19.8 Å². The molecular formula is C14H17N3O3S. The van der Waals surface area contributed by atoms with E-state index in [1.807, 2.05) is 17.2 Å². The lowest BCUT2D eigenvalue weighted by molar-refractivity contribution is -0.139. The van der Waals surface area contributed by atoms with Gasteiger partial charge in [0.25, 0.3) is 5.56 Å². The first-order chi connectivity index (χ1) is 10.2. The minimum atomic E-state index is -0.0796. The fourth-order valence-corrected chi connectivity index (χ4v) is 3.23. The first-order valence-electron chi connectivity index (χ1n) is 6.96. The Morgan fingerprint density at radius 2 is 2.43 bits per heavy atom. The van der Waals surface area contributed by atoms with Crippen LogP contribution in [-0.4, -0.2) is 46.2 Å². The van der Waals surface area contributed by atoms with Crippen LogP contribution in [0.5, 0.6) is 0 Å². The largest absolute Gasteiger partial charge is 0.377 e. The van der Waals surface area contributed by atoms with Crippen LogP contribution >= 0.6 is 11.3 Å². The van der Waals surface area contributed by atoms with Gasteiger partial charge in [-0.05, 0) is 18.4 Å². The Morgan fingerprint density at radius 3 is 3.24 bits per heavy atom. The number of hydrogen-bond acceptors (Lipinski definition) is 5. The summed E-state index contributed by atoms with van der Waals surface area (Å²) in [5.41, 5.74) is -0.0796. The van der Waals surface area contributed by atoms with Crippen LogP contribution < -0.4 is 5.56 Å². The molecule has 3 rings (SSSR count). The summed E-state index contributed by atoms with van der Waals surface area (Å²) in [6, 6.07) is 1.87. The molecule has 1 amide bonds. The monoisotopic (exact) mass is 307 g/mol. The van der Waals surface area contributed by atoms with Gasteiger partial charge in [0.2, 0.25) is 5.91 Å². The first kappa shape index (κ1) is 14.2. The number of carbonyl (C=O) groups is 1. The van der Waals surface area contributed by atoms with Crippen molar-refractivity contribution >= 4 is 27.5 Å². The van der Waals surface area contributed by atoms with Crippen molar-refractivity contribution in [1.29, 1.82) is 0 Å². The highest BCUT2D eigenvalue weighted by Crippen LogP contribution is 2.13. The molecule has 0 aliphatic carbocycles. The van der Waals surface area contributed by atoms with Crippen molar-refractivity contribution in [1.82, 2.24) is 14.5 Å².